The summed E-state index contributed by atoms with van der Waals surface area (Å²) < 4.78 is 0. The Kier molecular flexibility index (Phi) is 3.02. The van der Waals surface area contributed by atoms with E-state index in [1.165, 1.54) is 12.0 Å². The summed E-state index contributed by atoms with van der Waals surface area (Å²) >= 11 is 0. The molecule has 17 heavy (non-hydrogen) atoms. The summed E-state index contributed by atoms with van der Waals surface area (Å²) in [6.45, 7) is 11.1. The fourth-order valence-electron chi connectivity index (χ4n) is 3.37. The van der Waals surface area contributed by atoms with E-state index in [0.717, 1.165) is 6.42 Å². The van der Waals surface area contributed by atoms with Gasteiger partial charge in [-0.15, -0.1) is 0 Å². The molecule has 0 amide bonds. The molecular weight excluding hydrogens is 208 g/mol. The second-order valence-corrected chi connectivity index (χ2v) is 6.84. The van der Waals surface area contributed by atoms with Crippen molar-refractivity contribution in [2.45, 2.75) is 53.1 Å². The second kappa shape index (κ2) is 3.98. The number of aliphatic hydroxyl groups is 1. The molecule has 0 saturated heterocycles. The second-order valence-electron chi connectivity index (χ2n) is 6.84. The fourth-order valence-corrected chi connectivity index (χ4v) is 3.37. The van der Waals surface area contributed by atoms with E-state index in [9.17, 15) is 5.11 Å². The lowest BCUT2D eigenvalue weighted by Gasteiger charge is -2.41. The molecule has 0 aromatic carbocycles. The minimum atomic E-state index is -0.609. The van der Waals surface area contributed by atoms with Crippen LogP contribution in [0.3, 0.4) is 0 Å². The summed E-state index contributed by atoms with van der Waals surface area (Å²) in [5.74, 6) is 1.68. The van der Waals surface area contributed by atoms with Gasteiger partial charge in [-0.1, -0.05) is 44.6 Å². The third-order valence-electron chi connectivity index (χ3n) is 5.44. The van der Waals surface area contributed by atoms with Crippen LogP contribution in [0.1, 0.15) is 47.5 Å². The number of allylic oxidation sites excluding steroid dienone is 3. The number of hydrogen-bond acceptors (Lipinski definition) is 1. The molecule has 0 fully saturated rings. The molecule has 2 rings (SSSR count). The van der Waals surface area contributed by atoms with Crippen molar-refractivity contribution in [1.29, 1.82) is 0 Å². The zero-order valence-corrected chi connectivity index (χ0v) is 11.8. The van der Waals surface area contributed by atoms with Crippen LogP contribution < -0.4 is 0 Å². The van der Waals surface area contributed by atoms with Crippen molar-refractivity contribution in [1.82, 2.24) is 0 Å². The van der Waals surface area contributed by atoms with E-state index in [0.29, 0.717) is 23.2 Å². The summed E-state index contributed by atoms with van der Waals surface area (Å²) in [4.78, 5) is 0. The first-order chi connectivity index (χ1) is 7.75. The molecule has 0 saturated carbocycles. The summed E-state index contributed by atoms with van der Waals surface area (Å²) in [6, 6.07) is 0. The molecule has 1 heteroatoms. The van der Waals surface area contributed by atoms with Gasteiger partial charge in [-0.2, -0.15) is 0 Å². The summed E-state index contributed by atoms with van der Waals surface area (Å²) in [5, 5.41) is 10.2. The zero-order valence-electron chi connectivity index (χ0n) is 11.8. The highest BCUT2D eigenvalue weighted by Gasteiger charge is 2.42. The molecule has 0 aromatic heterocycles. The van der Waals surface area contributed by atoms with Crippen LogP contribution in [0.2, 0.25) is 0 Å². The standard InChI is InChI=1S/C16H26O/c1-11-6-7-14(15(11,3)4)13-8-9-16(5,17)12(2)10-13/h6,8-9,12-14,17H,7,10H2,1-5H3. The summed E-state index contributed by atoms with van der Waals surface area (Å²) in [7, 11) is 0. The van der Waals surface area contributed by atoms with Crippen molar-refractivity contribution >= 4 is 0 Å². The molecule has 4 unspecified atom stereocenters. The maximum absolute atomic E-state index is 10.2. The largest absolute Gasteiger partial charge is 0.386 e. The van der Waals surface area contributed by atoms with Crippen LogP contribution in [0.5, 0.6) is 0 Å². The van der Waals surface area contributed by atoms with Crippen molar-refractivity contribution in [3.05, 3.63) is 23.8 Å². The molecule has 0 radical (unpaired) electrons. The normalized spacial score (nSPS) is 44.8. The van der Waals surface area contributed by atoms with E-state index < -0.39 is 5.60 Å². The van der Waals surface area contributed by atoms with Gasteiger partial charge in [-0.05, 0) is 49.9 Å². The molecule has 0 heterocycles. The Labute approximate surface area is 106 Å². The van der Waals surface area contributed by atoms with Crippen molar-refractivity contribution in [3.8, 4) is 0 Å². The molecule has 0 aromatic rings. The minimum absolute atomic E-state index is 0.317. The molecule has 96 valence electrons. The zero-order chi connectivity index (χ0) is 12.8. The van der Waals surface area contributed by atoms with Gasteiger partial charge < -0.3 is 5.11 Å². The molecule has 1 N–H and O–H groups in total. The summed E-state index contributed by atoms with van der Waals surface area (Å²) in [6.07, 6.45) is 8.99. The van der Waals surface area contributed by atoms with Gasteiger partial charge in [0.05, 0.1) is 5.60 Å². The van der Waals surface area contributed by atoms with Gasteiger partial charge in [0.15, 0.2) is 0 Å². The van der Waals surface area contributed by atoms with Crippen LogP contribution in [-0.4, -0.2) is 10.7 Å². The van der Waals surface area contributed by atoms with Gasteiger partial charge in [0.25, 0.3) is 0 Å². The van der Waals surface area contributed by atoms with Gasteiger partial charge in [0.2, 0.25) is 0 Å². The molecule has 4 atom stereocenters. The average Bonchev–Trinajstić information content (AvgIpc) is 2.47. The van der Waals surface area contributed by atoms with Crippen LogP contribution in [0, 0.1) is 23.2 Å². The Bertz CT molecular complexity index is 360. The van der Waals surface area contributed by atoms with Gasteiger partial charge in [0.1, 0.15) is 0 Å². The lowest BCUT2D eigenvalue weighted by molar-refractivity contribution is 0.0263. The van der Waals surface area contributed by atoms with Crippen LogP contribution in [0.15, 0.2) is 23.8 Å². The van der Waals surface area contributed by atoms with E-state index in [1.807, 2.05) is 13.0 Å². The minimum Gasteiger partial charge on any atom is -0.386 e. The third-order valence-corrected chi connectivity index (χ3v) is 5.44. The monoisotopic (exact) mass is 234 g/mol. The lowest BCUT2D eigenvalue weighted by Crippen LogP contribution is -2.38. The smallest absolute Gasteiger partial charge is 0.0825 e. The van der Waals surface area contributed by atoms with E-state index >= 15 is 0 Å². The van der Waals surface area contributed by atoms with Crippen molar-refractivity contribution < 1.29 is 5.11 Å². The number of hydrogen-bond donors (Lipinski definition) is 1. The topological polar surface area (TPSA) is 20.2 Å². The Morgan fingerprint density at radius 1 is 1.29 bits per heavy atom. The molecule has 0 aliphatic heterocycles. The predicted octanol–water partition coefficient (Wildman–Crippen LogP) is 3.94. The molecular formula is C16H26O. The van der Waals surface area contributed by atoms with E-state index in [4.69, 9.17) is 0 Å². The quantitative estimate of drug-likeness (QED) is 0.681. The Balaban J connectivity index is 2.17. The van der Waals surface area contributed by atoms with E-state index in [2.05, 4.69) is 39.8 Å². The molecule has 0 spiro atoms. The van der Waals surface area contributed by atoms with Crippen LogP contribution in [0.4, 0.5) is 0 Å². The Morgan fingerprint density at radius 2 is 1.94 bits per heavy atom. The number of rotatable bonds is 1. The van der Waals surface area contributed by atoms with Crippen LogP contribution >= 0.6 is 0 Å². The van der Waals surface area contributed by atoms with E-state index in [1.54, 1.807) is 0 Å². The molecule has 1 nitrogen and oxygen atoms in total. The van der Waals surface area contributed by atoms with Gasteiger partial charge in [-0.3, -0.25) is 0 Å². The fraction of sp³-hybridized carbons (Fsp3) is 0.750. The van der Waals surface area contributed by atoms with Gasteiger partial charge in [-0.25, -0.2) is 0 Å². The molecule has 2 aliphatic rings. The Hall–Kier alpha value is -0.560. The first-order valence-corrected chi connectivity index (χ1v) is 6.84. The van der Waals surface area contributed by atoms with Crippen molar-refractivity contribution in [2.24, 2.45) is 23.2 Å². The van der Waals surface area contributed by atoms with Crippen LogP contribution in [-0.2, 0) is 0 Å². The van der Waals surface area contributed by atoms with Gasteiger partial charge >= 0.3 is 0 Å². The third kappa shape index (κ3) is 2.10. The first-order valence-electron chi connectivity index (χ1n) is 6.84. The lowest BCUT2D eigenvalue weighted by atomic mass is 9.65. The van der Waals surface area contributed by atoms with Gasteiger partial charge in [0, 0.05) is 0 Å². The average molecular weight is 234 g/mol. The maximum atomic E-state index is 10.2. The Morgan fingerprint density at radius 3 is 2.41 bits per heavy atom. The van der Waals surface area contributed by atoms with Crippen molar-refractivity contribution in [3.63, 3.8) is 0 Å². The molecule has 0 bridgehead atoms. The summed E-state index contributed by atoms with van der Waals surface area (Å²) in [5.41, 5.74) is 1.24. The molecule has 2 aliphatic carbocycles. The highest BCUT2D eigenvalue weighted by molar-refractivity contribution is 5.22. The highest BCUT2D eigenvalue weighted by Crippen LogP contribution is 2.50. The van der Waals surface area contributed by atoms with Crippen LogP contribution in [0.25, 0.3) is 0 Å². The predicted molar refractivity (Wildman–Crippen MR) is 72.7 cm³/mol. The SMILES string of the molecule is CC1=CCC(C2C=CC(C)(O)C(C)C2)C1(C)C. The van der Waals surface area contributed by atoms with Crippen molar-refractivity contribution in [2.75, 3.05) is 0 Å². The maximum Gasteiger partial charge on any atom is 0.0825 e. The van der Waals surface area contributed by atoms with E-state index in [-0.39, 0.29) is 0 Å². The first kappa shape index (κ1) is 12.9. The highest BCUT2D eigenvalue weighted by atomic mass is 16.3.